The molecule has 31 heavy (non-hydrogen) atoms. The van der Waals surface area contributed by atoms with Crippen LogP contribution < -0.4 is 4.90 Å². The Labute approximate surface area is 192 Å². The van der Waals surface area contributed by atoms with Crippen molar-refractivity contribution in [1.82, 2.24) is 0 Å². The van der Waals surface area contributed by atoms with E-state index in [4.69, 9.17) is 34.8 Å². The topological polar surface area (TPSA) is 57.6 Å². The summed E-state index contributed by atoms with van der Waals surface area (Å²) in [6, 6.07) is 15.0. The van der Waals surface area contributed by atoms with Gasteiger partial charge in [-0.15, -0.1) is 0 Å². The predicted octanol–water partition coefficient (Wildman–Crippen LogP) is 6.41. The molecule has 3 aromatic carbocycles. The van der Waals surface area contributed by atoms with Crippen LogP contribution in [0.3, 0.4) is 0 Å². The molecular formula is C23H13Cl3FNO3. The van der Waals surface area contributed by atoms with Crippen LogP contribution in [0, 0.1) is 5.82 Å². The van der Waals surface area contributed by atoms with Gasteiger partial charge in [-0.2, -0.15) is 0 Å². The summed E-state index contributed by atoms with van der Waals surface area (Å²) >= 11 is 18.1. The Morgan fingerprint density at radius 2 is 1.65 bits per heavy atom. The van der Waals surface area contributed by atoms with Crippen LogP contribution in [0.4, 0.5) is 10.1 Å². The zero-order chi connectivity index (χ0) is 22.3. The fourth-order valence-electron chi connectivity index (χ4n) is 3.52. The molecule has 0 aromatic heterocycles. The summed E-state index contributed by atoms with van der Waals surface area (Å²) in [6.07, 6.45) is 0. The van der Waals surface area contributed by atoms with Crippen molar-refractivity contribution >= 4 is 57.9 Å². The Bertz CT molecular complexity index is 1260. The molecule has 4 nitrogen and oxygen atoms in total. The number of nitrogens with zero attached hydrogens (tertiary/aromatic N) is 1. The Hall–Kier alpha value is -2.86. The summed E-state index contributed by atoms with van der Waals surface area (Å²) in [5.41, 5.74) is 0.232. The first-order valence-corrected chi connectivity index (χ1v) is 10.2. The van der Waals surface area contributed by atoms with Gasteiger partial charge in [-0.1, -0.05) is 65.1 Å². The number of anilines is 1. The molecule has 156 valence electrons. The van der Waals surface area contributed by atoms with Gasteiger partial charge in [0.1, 0.15) is 11.6 Å². The van der Waals surface area contributed by atoms with Crippen LogP contribution in [0.5, 0.6) is 0 Å². The van der Waals surface area contributed by atoms with E-state index in [1.807, 2.05) is 0 Å². The maximum absolute atomic E-state index is 14.8. The number of aliphatic hydroxyl groups excluding tert-OH is 1. The van der Waals surface area contributed by atoms with Crippen molar-refractivity contribution in [1.29, 1.82) is 0 Å². The SMILES string of the molecule is O=C1C(=O)N(c2ccc(Cl)c(Cl)c2)C(c2ccccc2F)/C1=C(\O)c1cccc(Cl)c1. The maximum atomic E-state index is 14.8. The first-order valence-electron chi connectivity index (χ1n) is 9.06. The molecular weight excluding hydrogens is 464 g/mol. The smallest absolute Gasteiger partial charge is 0.300 e. The normalized spacial score (nSPS) is 17.9. The molecule has 0 aliphatic carbocycles. The minimum absolute atomic E-state index is 0.0383. The first kappa shape index (κ1) is 21.4. The number of hydrogen-bond acceptors (Lipinski definition) is 3. The van der Waals surface area contributed by atoms with Gasteiger partial charge < -0.3 is 5.11 Å². The van der Waals surface area contributed by atoms with Crippen molar-refractivity contribution in [2.24, 2.45) is 0 Å². The summed E-state index contributed by atoms with van der Waals surface area (Å²) in [5, 5.41) is 11.7. The van der Waals surface area contributed by atoms with Crippen molar-refractivity contribution in [3.8, 4) is 0 Å². The van der Waals surface area contributed by atoms with Gasteiger partial charge in [0.15, 0.2) is 0 Å². The van der Waals surface area contributed by atoms with Crippen molar-refractivity contribution in [2.75, 3.05) is 4.90 Å². The number of hydrogen-bond donors (Lipinski definition) is 1. The number of carbonyl (C=O) groups is 2. The second-order valence-electron chi connectivity index (χ2n) is 6.80. The summed E-state index contributed by atoms with van der Waals surface area (Å²) in [4.78, 5) is 27.1. The number of Topliss-reactive ketones (excluding diaryl/α,β-unsaturated/α-hetero) is 1. The summed E-state index contributed by atoms with van der Waals surface area (Å²) < 4.78 is 14.8. The van der Waals surface area contributed by atoms with Crippen molar-refractivity contribution < 1.29 is 19.1 Å². The van der Waals surface area contributed by atoms with Crippen LogP contribution in [-0.2, 0) is 9.59 Å². The van der Waals surface area contributed by atoms with Gasteiger partial charge in [0.2, 0.25) is 0 Å². The molecule has 8 heteroatoms. The van der Waals surface area contributed by atoms with E-state index in [9.17, 15) is 19.1 Å². The number of benzene rings is 3. The maximum Gasteiger partial charge on any atom is 0.300 e. The number of ketones is 1. The van der Waals surface area contributed by atoms with Gasteiger partial charge in [0.25, 0.3) is 11.7 Å². The molecule has 1 amide bonds. The predicted molar refractivity (Wildman–Crippen MR) is 119 cm³/mol. The minimum Gasteiger partial charge on any atom is -0.507 e. The highest BCUT2D eigenvalue weighted by Gasteiger charge is 2.47. The molecule has 1 N–H and O–H groups in total. The lowest BCUT2D eigenvalue weighted by Gasteiger charge is -2.26. The molecule has 1 aliphatic rings. The van der Waals surface area contributed by atoms with Crippen LogP contribution in [-0.4, -0.2) is 16.8 Å². The zero-order valence-electron chi connectivity index (χ0n) is 15.7. The fraction of sp³-hybridized carbons (Fsp3) is 0.0435. The Morgan fingerprint density at radius 3 is 2.32 bits per heavy atom. The fourth-order valence-corrected chi connectivity index (χ4v) is 4.00. The lowest BCUT2D eigenvalue weighted by atomic mass is 9.94. The highest BCUT2D eigenvalue weighted by molar-refractivity contribution is 6.52. The quantitative estimate of drug-likeness (QED) is 0.270. The number of carbonyl (C=O) groups excluding carboxylic acids is 2. The zero-order valence-corrected chi connectivity index (χ0v) is 17.9. The van der Waals surface area contributed by atoms with E-state index < -0.39 is 29.3 Å². The molecule has 1 heterocycles. The number of amides is 1. The van der Waals surface area contributed by atoms with Crippen LogP contribution in [0.1, 0.15) is 17.2 Å². The van der Waals surface area contributed by atoms with E-state index in [0.717, 1.165) is 4.90 Å². The molecule has 1 aliphatic heterocycles. The molecule has 1 unspecified atom stereocenters. The summed E-state index contributed by atoms with van der Waals surface area (Å²) in [5.74, 6) is -3.00. The minimum atomic E-state index is -1.22. The Balaban J connectivity index is 1.99. The van der Waals surface area contributed by atoms with E-state index in [0.29, 0.717) is 5.02 Å². The lowest BCUT2D eigenvalue weighted by Crippen LogP contribution is -2.29. The third-order valence-corrected chi connectivity index (χ3v) is 5.90. The molecule has 0 bridgehead atoms. The van der Waals surface area contributed by atoms with Gasteiger partial charge in [-0.3, -0.25) is 14.5 Å². The van der Waals surface area contributed by atoms with Crippen LogP contribution >= 0.6 is 34.8 Å². The molecule has 4 rings (SSSR count). The molecule has 0 saturated carbocycles. The monoisotopic (exact) mass is 475 g/mol. The lowest BCUT2D eigenvalue weighted by molar-refractivity contribution is -0.132. The van der Waals surface area contributed by atoms with E-state index in [1.54, 1.807) is 18.2 Å². The van der Waals surface area contributed by atoms with Crippen LogP contribution in [0.2, 0.25) is 15.1 Å². The van der Waals surface area contributed by atoms with Gasteiger partial charge in [0, 0.05) is 21.8 Å². The summed E-state index contributed by atoms with van der Waals surface area (Å²) in [6.45, 7) is 0. The first-order chi connectivity index (χ1) is 14.8. The molecule has 3 aromatic rings. The van der Waals surface area contributed by atoms with E-state index in [-0.39, 0.29) is 32.4 Å². The van der Waals surface area contributed by atoms with Crippen LogP contribution in [0.25, 0.3) is 5.76 Å². The Kier molecular flexibility index (Phi) is 5.75. The number of rotatable bonds is 3. The largest absolute Gasteiger partial charge is 0.507 e. The van der Waals surface area contributed by atoms with E-state index >= 15 is 0 Å². The number of halogens is 4. The second-order valence-corrected chi connectivity index (χ2v) is 8.05. The van der Waals surface area contributed by atoms with E-state index in [2.05, 4.69) is 0 Å². The Morgan fingerprint density at radius 1 is 0.903 bits per heavy atom. The second kappa shape index (κ2) is 8.35. The molecule has 0 radical (unpaired) electrons. The third kappa shape index (κ3) is 3.81. The summed E-state index contributed by atoms with van der Waals surface area (Å²) in [7, 11) is 0. The van der Waals surface area contributed by atoms with Crippen molar-refractivity contribution in [3.05, 3.63) is 104 Å². The molecule has 0 spiro atoms. The van der Waals surface area contributed by atoms with Crippen molar-refractivity contribution in [2.45, 2.75) is 6.04 Å². The van der Waals surface area contributed by atoms with Gasteiger partial charge in [0.05, 0.1) is 21.7 Å². The van der Waals surface area contributed by atoms with E-state index in [1.165, 1.54) is 48.5 Å². The van der Waals surface area contributed by atoms with Gasteiger partial charge in [-0.05, 0) is 36.4 Å². The standard InChI is InChI=1S/C23H13Cl3FNO3/c24-13-5-3-4-12(10-13)21(29)19-20(15-6-1-2-7-18(15)27)28(23(31)22(19)30)14-8-9-16(25)17(26)11-14/h1-11,20,29H/b21-19+. The van der Waals surface area contributed by atoms with Gasteiger partial charge >= 0.3 is 0 Å². The average Bonchev–Trinajstić information content (AvgIpc) is 3.00. The highest BCUT2D eigenvalue weighted by Crippen LogP contribution is 2.44. The highest BCUT2D eigenvalue weighted by atomic mass is 35.5. The average molecular weight is 477 g/mol. The molecule has 1 atom stereocenters. The molecule has 1 saturated heterocycles. The van der Waals surface area contributed by atoms with Crippen LogP contribution in [0.15, 0.2) is 72.3 Å². The number of aliphatic hydroxyl groups is 1. The third-order valence-electron chi connectivity index (χ3n) is 4.92. The van der Waals surface area contributed by atoms with Gasteiger partial charge in [-0.25, -0.2) is 4.39 Å². The van der Waals surface area contributed by atoms with Crippen molar-refractivity contribution in [3.63, 3.8) is 0 Å². The molecule has 1 fully saturated rings.